The molecule has 4 rings (SSSR count). The second-order valence-electron chi connectivity index (χ2n) is 13.1. The van der Waals surface area contributed by atoms with Crippen LogP contribution in [-0.4, -0.2) is 59.0 Å². The van der Waals surface area contributed by atoms with Gasteiger partial charge < -0.3 is 48.1 Å². The molecule has 2 fully saturated rings. The number of ether oxygens (including phenoxy) is 8. The molecule has 0 aliphatic carbocycles. The van der Waals surface area contributed by atoms with Crippen LogP contribution < -0.4 is 10.2 Å². The Hall–Kier alpha value is -6.06. The van der Waals surface area contributed by atoms with Crippen LogP contribution in [0.3, 0.4) is 0 Å². The first-order chi connectivity index (χ1) is 24.0. The lowest BCUT2D eigenvalue weighted by molar-refractivity contribution is -0.464. The molecule has 2 saturated heterocycles. The molecule has 0 spiro atoms. The fraction of sp³-hybridized carbons (Fsp3) is 0.389. The lowest BCUT2D eigenvalue weighted by Crippen LogP contribution is -2.62. The summed E-state index contributed by atoms with van der Waals surface area (Å²) in [5.41, 5.74) is -1.16. The molecule has 52 heavy (non-hydrogen) atoms. The third-order valence-corrected chi connectivity index (χ3v) is 8.10. The third-order valence-electron chi connectivity index (χ3n) is 8.10. The molecule has 0 bridgehead atoms. The Morgan fingerprint density at radius 2 is 0.885 bits per heavy atom. The Morgan fingerprint density at radius 1 is 0.538 bits per heavy atom. The van der Waals surface area contributed by atoms with Gasteiger partial charge in [-0.1, -0.05) is 49.3 Å². The van der Waals surface area contributed by atoms with Gasteiger partial charge in [0.1, 0.15) is 11.1 Å². The lowest BCUT2D eigenvalue weighted by atomic mass is 10.0. The van der Waals surface area contributed by atoms with Gasteiger partial charge in [-0.2, -0.15) is 0 Å². The molecule has 0 N–H and O–H groups in total. The topological polar surface area (TPSA) is 222 Å². The molecule has 0 aromatic rings. The highest BCUT2D eigenvalue weighted by molar-refractivity contribution is 6.16. The van der Waals surface area contributed by atoms with Crippen molar-refractivity contribution >= 4 is 35.8 Å². The minimum absolute atomic E-state index is 0.298. The number of carbonyl (C=O) groups is 6. The van der Waals surface area contributed by atoms with Crippen LogP contribution in [0.1, 0.15) is 62.3 Å². The highest BCUT2D eigenvalue weighted by Gasteiger charge is 2.52. The van der Waals surface area contributed by atoms with Crippen molar-refractivity contribution in [2.45, 2.75) is 85.5 Å². The van der Waals surface area contributed by atoms with Crippen molar-refractivity contribution < 1.29 is 76.9 Å². The van der Waals surface area contributed by atoms with E-state index >= 15 is 0 Å². The molecule has 0 saturated carbocycles. The fourth-order valence-corrected chi connectivity index (χ4v) is 4.50. The van der Waals surface area contributed by atoms with E-state index in [0.717, 1.165) is 32.1 Å². The Morgan fingerprint density at radius 3 is 1.21 bits per heavy atom. The van der Waals surface area contributed by atoms with E-state index in [4.69, 9.17) is 37.9 Å². The second kappa shape index (κ2) is 13.9. The molecule has 4 aliphatic heterocycles. The summed E-state index contributed by atoms with van der Waals surface area (Å²) in [5.74, 6) is -16.3. The first-order valence-electron chi connectivity index (χ1n) is 15.7. The second-order valence-corrected chi connectivity index (χ2v) is 13.1. The predicted molar refractivity (Wildman–Crippen MR) is 169 cm³/mol. The largest absolute Gasteiger partial charge is 0.571 e. The van der Waals surface area contributed by atoms with Gasteiger partial charge in [0.2, 0.25) is 11.6 Å². The van der Waals surface area contributed by atoms with Crippen molar-refractivity contribution in [3.05, 3.63) is 93.9 Å². The van der Waals surface area contributed by atoms with Gasteiger partial charge in [0, 0.05) is 26.7 Å². The number of hydrogen-bond donors (Lipinski definition) is 0. The predicted octanol–water partition coefficient (Wildman–Crippen LogP) is 1.88. The van der Waals surface area contributed by atoms with Crippen LogP contribution in [-0.2, 0) is 66.7 Å². The van der Waals surface area contributed by atoms with Crippen molar-refractivity contribution in [1.82, 2.24) is 0 Å². The molecule has 2 atom stereocenters. The summed E-state index contributed by atoms with van der Waals surface area (Å²) in [6.07, 6.45) is 9.70. The van der Waals surface area contributed by atoms with Crippen molar-refractivity contribution in [1.29, 1.82) is 0 Å². The molecular formula is C36H36O16-2. The molecule has 0 amide bonds. The van der Waals surface area contributed by atoms with Gasteiger partial charge in [-0.05, 0) is 52.0 Å². The van der Waals surface area contributed by atoms with Crippen molar-refractivity contribution in [3.63, 3.8) is 0 Å². The standard InChI is InChI=1S/C36H38O16/c1-18(2)34(7)47-27(39)22(28(40)48-34)15-11-20(4)13-17-24-31(43)51-36(9,52-32(24)44)35(8)49-29(41)23(30(42)50-35)16-12-19(3)10-14-21-25(37)45-33(5,6)46-26(21)38/h10-18,41,43H,1-9H3/p-2/b16-12+,17-13+,19-10+,20-11+,22-15?. The van der Waals surface area contributed by atoms with E-state index in [9.17, 15) is 39.0 Å². The molecule has 0 aromatic carbocycles. The van der Waals surface area contributed by atoms with Crippen molar-refractivity contribution in [2.75, 3.05) is 0 Å². The van der Waals surface area contributed by atoms with Gasteiger partial charge in [0.05, 0.1) is 23.0 Å². The van der Waals surface area contributed by atoms with E-state index in [0.29, 0.717) is 11.1 Å². The molecule has 16 heteroatoms. The van der Waals surface area contributed by atoms with Crippen molar-refractivity contribution in [3.8, 4) is 0 Å². The summed E-state index contributed by atoms with van der Waals surface area (Å²) in [7, 11) is 0. The van der Waals surface area contributed by atoms with E-state index < -0.39 is 82.0 Å². The fourth-order valence-electron chi connectivity index (χ4n) is 4.50. The van der Waals surface area contributed by atoms with E-state index in [1.165, 1.54) is 65.0 Å². The van der Waals surface area contributed by atoms with E-state index in [1.807, 2.05) is 0 Å². The number of carbonyl (C=O) groups excluding carboxylic acids is 6. The number of rotatable bonds is 8. The van der Waals surface area contributed by atoms with Crippen LogP contribution in [0.4, 0.5) is 0 Å². The molecule has 4 heterocycles. The van der Waals surface area contributed by atoms with Crippen molar-refractivity contribution in [2.24, 2.45) is 5.92 Å². The monoisotopic (exact) mass is 724 g/mol. The minimum atomic E-state index is -2.42. The molecule has 0 radical (unpaired) electrons. The van der Waals surface area contributed by atoms with Crippen LogP contribution in [0.15, 0.2) is 93.9 Å². The van der Waals surface area contributed by atoms with E-state index in [-0.39, 0.29) is 17.1 Å². The molecular weight excluding hydrogens is 688 g/mol. The average molecular weight is 725 g/mol. The molecule has 16 nitrogen and oxygen atoms in total. The van der Waals surface area contributed by atoms with Gasteiger partial charge in [-0.3, -0.25) is 0 Å². The van der Waals surface area contributed by atoms with Gasteiger partial charge in [0.15, 0.2) is 0 Å². The Balaban J connectivity index is 1.47. The summed E-state index contributed by atoms with van der Waals surface area (Å²) >= 11 is 0. The molecule has 0 aromatic heterocycles. The maximum absolute atomic E-state index is 12.9. The van der Waals surface area contributed by atoms with Crippen LogP contribution >= 0.6 is 0 Å². The summed E-state index contributed by atoms with van der Waals surface area (Å²) in [6, 6.07) is 0. The summed E-state index contributed by atoms with van der Waals surface area (Å²) in [4.78, 5) is 74.9. The van der Waals surface area contributed by atoms with Gasteiger partial charge >= 0.3 is 35.8 Å². The zero-order valence-electron chi connectivity index (χ0n) is 29.7. The lowest BCUT2D eigenvalue weighted by Gasteiger charge is -2.55. The zero-order valence-corrected chi connectivity index (χ0v) is 29.7. The Kier molecular flexibility index (Phi) is 10.4. The van der Waals surface area contributed by atoms with Crippen LogP contribution in [0.5, 0.6) is 0 Å². The van der Waals surface area contributed by atoms with Crippen LogP contribution in [0.2, 0.25) is 0 Å². The highest BCUT2D eigenvalue weighted by Crippen LogP contribution is 2.41. The molecule has 278 valence electrons. The first kappa shape index (κ1) is 38.7. The van der Waals surface area contributed by atoms with Gasteiger partial charge in [0.25, 0.3) is 11.6 Å². The molecule has 2 unspecified atom stereocenters. The van der Waals surface area contributed by atoms with Crippen LogP contribution in [0, 0.1) is 5.92 Å². The van der Waals surface area contributed by atoms with Gasteiger partial charge in [-0.15, -0.1) is 0 Å². The molecule has 4 aliphatic rings. The van der Waals surface area contributed by atoms with Crippen LogP contribution in [0.25, 0.3) is 0 Å². The number of hydrogen-bond acceptors (Lipinski definition) is 16. The number of allylic oxidation sites excluding steroid dienone is 8. The Bertz CT molecular complexity index is 1840. The Labute approximate surface area is 297 Å². The minimum Gasteiger partial charge on any atom is -0.571 e. The number of esters is 6. The smallest absolute Gasteiger partial charge is 0.348 e. The first-order valence-corrected chi connectivity index (χ1v) is 15.7. The SMILES string of the molecule is CC(/C=C/C1=C([O-])OC(C)(C2(C)OC(=O)C(/C=C/C(C)=C/C=C3C(=O)OC(C)(C(C)C)OC3=O)=C([O-])O2)OC1=O)=C\C=C1C(=O)OC(C)(C)OC1=O. The maximum atomic E-state index is 12.9. The number of cyclic esters (lactones) is 6. The maximum Gasteiger partial charge on any atom is 0.348 e. The van der Waals surface area contributed by atoms with E-state index in [2.05, 4.69) is 0 Å². The van der Waals surface area contributed by atoms with Gasteiger partial charge in [-0.25, -0.2) is 28.8 Å². The third kappa shape index (κ3) is 7.95. The summed E-state index contributed by atoms with van der Waals surface area (Å²) in [5, 5.41) is 25.9. The average Bonchev–Trinajstić information content (AvgIpc) is 2.98. The summed E-state index contributed by atoms with van der Waals surface area (Å²) in [6.45, 7) is 12.9. The zero-order chi connectivity index (χ0) is 39.0. The quantitative estimate of drug-likeness (QED) is 0.115. The highest BCUT2D eigenvalue weighted by atomic mass is 16.8. The normalized spacial score (nSPS) is 28.6. The summed E-state index contributed by atoms with van der Waals surface area (Å²) < 4.78 is 41.8. The van der Waals surface area contributed by atoms with E-state index in [1.54, 1.807) is 13.8 Å².